The zero-order chi connectivity index (χ0) is 11.4. The number of carbonyl (C=O) groups excluding carboxylic acids is 1. The lowest BCUT2D eigenvalue weighted by Crippen LogP contribution is -2.08. The molecule has 0 atom stereocenters. The lowest BCUT2D eigenvalue weighted by Gasteiger charge is -2.03. The standard InChI is InChI=1S/C10H10O5/c1-15-5-9(12)6-2-3-8(11)7(4-6)10(13)14/h2-4,11H,5H2,1H3,(H,13,14). The molecule has 0 bridgehead atoms. The lowest BCUT2D eigenvalue weighted by atomic mass is 10.1. The van der Waals surface area contributed by atoms with E-state index in [9.17, 15) is 14.7 Å². The Bertz CT molecular complexity index is 397. The molecule has 1 rings (SSSR count). The molecule has 0 aromatic heterocycles. The van der Waals surface area contributed by atoms with E-state index in [2.05, 4.69) is 4.74 Å². The highest BCUT2D eigenvalue weighted by molar-refractivity contribution is 6.00. The number of Topliss-reactive ketones (excluding diaryl/α,β-unsaturated/α-hetero) is 1. The molecular formula is C10H10O5. The fraction of sp³-hybridized carbons (Fsp3) is 0.200. The number of ketones is 1. The summed E-state index contributed by atoms with van der Waals surface area (Å²) >= 11 is 0. The molecule has 0 saturated carbocycles. The van der Waals surface area contributed by atoms with E-state index in [1.54, 1.807) is 0 Å². The van der Waals surface area contributed by atoms with Crippen LogP contribution in [0.2, 0.25) is 0 Å². The molecule has 1 aromatic carbocycles. The first kappa shape index (κ1) is 11.2. The first-order chi connectivity index (χ1) is 7.06. The maximum atomic E-state index is 11.3. The molecule has 0 aliphatic heterocycles. The minimum atomic E-state index is -1.28. The van der Waals surface area contributed by atoms with Gasteiger partial charge in [-0.1, -0.05) is 0 Å². The van der Waals surface area contributed by atoms with Gasteiger partial charge in [0.1, 0.15) is 17.9 Å². The van der Waals surface area contributed by atoms with Gasteiger partial charge in [-0.2, -0.15) is 0 Å². The molecule has 5 heteroatoms. The highest BCUT2D eigenvalue weighted by Gasteiger charge is 2.13. The molecule has 80 valence electrons. The van der Waals surface area contributed by atoms with Crippen molar-refractivity contribution < 1.29 is 24.5 Å². The number of hydrogen-bond acceptors (Lipinski definition) is 4. The Morgan fingerprint density at radius 1 is 1.40 bits per heavy atom. The summed E-state index contributed by atoms with van der Waals surface area (Å²) in [5, 5.41) is 17.9. The van der Waals surface area contributed by atoms with Crippen LogP contribution in [0.1, 0.15) is 20.7 Å². The lowest BCUT2D eigenvalue weighted by molar-refractivity contribution is 0.0693. The number of carboxylic acids is 1. The molecule has 2 N–H and O–H groups in total. The molecule has 0 aliphatic rings. The van der Waals surface area contributed by atoms with Crippen LogP contribution in [0.3, 0.4) is 0 Å². The van der Waals surface area contributed by atoms with E-state index in [0.29, 0.717) is 0 Å². The van der Waals surface area contributed by atoms with Crippen LogP contribution in [-0.2, 0) is 4.74 Å². The molecule has 1 aromatic rings. The minimum absolute atomic E-state index is 0.121. The number of rotatable bonds is 4. The summed E-state index contributed by atoms with van der Waals surface area (Å²) in [6, 6.07) is 3.65. The summed E-state index contributed by atoms with van der Waals surface area (Å²) in [5.74, 6) is -1.98. The highest BCUT2D eigenvalue weighted by Crippen LogP contribution is 2.18. The number of carbonyl (C=O) groups is 2. The third-order valence-electron chi connectivity index (χ3n) is 1.82. The monoisotopic (exact) mass is 210 g/mol. The molecule has 5 nitrogen and oxygen atoms in total. The molecule has 0 unspecified atom stereocenters. The number of carboxylic acid groups (broad SMARTS) is 1. The van der Waals surface area contributed by atoms with Gasteiger partial charge in [-0.15, -0.1) is 0 Å². The van der Waals surface area contributed by atoms with Crippen molar-refractivity contribution in [3.8, 4) is 5.75 Å². The van der Waals surface area contributed by atoms with Gasteiger partial charge >= 0.3 is 5.97 Å². The van der Waals surface area contributed by atoms with Crippen molar-refractivity contribution in [2.45, 2.75) is 0 Å². The normalized spacial score (nSPS) is 9.93. The number of phenols is 1. The largest absolute Gasteiger partial charge is 0.507 e. The van der Waals surface area contributed by atoms with Crippen LogP contribution >= 0.6 is 0 Å². The Morgan fingerprint density at radius 3 is 2.60 bits per heavy atom. The molecule has 0 saturated heterocycles. The van der Waals surface area contributed by atoms with E-state index in [1.807, 2.05) is 0 Å². The smallest absolute Gasteiger partial charge is 0.339 e. The van der Waals surface area contributed by atoms with Gasteiger partial charge < -0.3 is 14.9 Å². The van der Waals surface area contributed by atoms with Crippen molar-refractivity contribution in [2.24, 2.45) is 0 Å². The SMILES string of the molecule is COCC(=O)c1ccc(O)c(C(=O)O)c1. The van der Waals surface area contributed by atoms with Crippen molar-refractivity contribution in [3.05, 3.63) is 29.3 Å². The maximum absolute atomic E-state index is 11.3. The summed E-state index contributed by atoms with van der Waals surface area (Å²) in [5.41, 5.74) is -0.0935. The number of ether oxygens (including phenoxy) is 1. The highest BCUT2D eigenvalue weighted by atomic mass is 16.5. The Balaban J connectivity index is 3.07. The Morgan fingerprint density at radius 2 is 2.07 bits per heavy atom. The zero-order valence-electron chi connectivity index (χ0n) is 8.06. The van der Waals surface area contributed by atoms with Crippen molar-refractivity contribution >= 4 is 11.8 Å². The van der Waals surface area contributed by atoms with Crippen LogP contribution in [-0.4, -0.2) is 35.7 Å². The Hall–Kier alpha value is -1.88. The van der Waals surface area contributed by atoms with Crippen LogP contribution in [0.25, 0.3) is 0 Å². The van der Waals surface area contributed by atoms with Crippen LogP contribution in [0.15, 0.2) is 18.2 Å². The Labute approximate surface area is 85.9 Å². The molecular weight excluding hydrogens is 200 g/mol. The number of methoxy groups -OCH3 is 1. The summed E-state index contributed by atoms with van der Waals surface area (Å²) in [7, 11) is 1.37. The van der Waals surface area contributed by atoms with Crippen LogP contribution in [0, 0.1) is 0 Å². The number of aromatic hydroxyl groups is 1. The summed E-state index contributed by atoms with van der Waals surface area (Å²) < 4.78 is 4.63. The number of hydrogen-bond donors (Lipinski definition) is 2. The van der Waals surface area contributed by atoms with E-state index in [1.165, 1.54) is 19.2 Å². The van der Waals surface area contributed by atoms with Gasteiger partial charge in [0.15, 0.2) is 5.78 Å². The molecule has 0 fully saturated rings. The molecule has 0 radical (unpaired) electrons. The minimum Gasteiger partial charge on any atom is -0.507 e. The topological polar surface area (TPSA) is 83.8 Å². The van der Waals surface area contributed by atoms with E-state index in [-0.39, 0.29) is 29.3 Å². The molecule has 0 heterocycles. The molecule has 15 heavy (non-hydrogen) atoms. The quantitative estimate of drug-likeness (QED) is 0.722. The van der Waals surface area contributed by atoms with Gasteiger partial charge in [-0.05, 0) is 18.2 Å². The first-order valence-corrected chi connectivity index (χ1v) is 4.14. The average molecular weight is 210 g/mol. The molecule has 0 aliphatic carbocycles. The van der Waals surface area contributed by atoms with Crippen LogP contribution in [0.4, 0.5) is 0 Å². The average Bonchev–Trinajstić information content (AvgIpc) is 2.18. The van der Waals surface area contributed by atoms with Gasteiger partial charge in [0.2, 0.25) is 0 Å². The van der Waals surface area contributed by atoms with Crippen molar-refractivity contribution in [2.75, 3.05) is 13.7 Å². The third kappa shape index (κ3) is 2.54. The first-order valence-electron chi connectivity index (χ1n) is 4.14. The summed E-state index contributed by atoms with van der Waals surface area (Å²) in [4.78, 5) is 22.0. The number of benzene rings is 1. The van der Waals surface area contributed by atoms with Crippen molar-refractivity contribution in [1.29, 1.82) is 0 Å². The summed E-state index contributed by atoms with van der Waals surface area (Å²) in [6.45, 7) is -0.121. The third-order valence-corrected chi connectivity index (χ3v) is 1.82. The van der Waals surface area contributed by atoms with Crippen LogP contribution < -0.4 is 0 Å². The van der Waals surface area contributed by atoms with E-state index in [4.69, 9.17) is 5.11 Å². The van der Waals surface area contributed by atoms with Crippen molar-refractivity contribution in [3.63, 3.8) is 0 Å². The maximum Gasteiger partial charge on any atom is 0.339 e. The fourth-order valence-electron chi connectivity index (χ4n) is 1.10. The van der Waals surface area contributed by atoms with Crippen molar-refractivity contribution in [1.82, 2.24) is 0 Å². The Kier molecular flexibility index (Phi) is 3.41. The second kappa shape index (κ2) is 4.56. The second-order valence-corrected chi connectivity index (χ2v) is 2.89. The van der Waals surface area contributed by atoms with Gasteiger partial charge in [0.25, 0.3) is 0 Å². The summed E-state index contributed by atoms with van der Waals surface area (Å²) in [6.07, 6.45) is 0. The number of aromatic carboxylic acids is 1. The van der Waals surface area contributed by atoms with Gasteiger partial charge in [-0.3, -0.25) is 4.79 Å². The fourth-order valence-corrected chi connectivity index (χ4v) is 1.10. The van der Waals surface area contributed by atoms with E-state index < -0.39 is 5.97 Å². The molecule has 0 spiro atoms. The predicted molar refractivity (Wildman–Crippen MR) is 51.3 cm³/mol. The molecule has 0 amide bonds. The van der Waals surface area contributed by atoms with E-state index >= 15 is 0 Å². The van der Waals surface area contributed by atoms with Gasteiger partial charge in [0.05, 0.1) is 0 Å². The van der Waals surface area contributed by atoms with E-state index in [0.717, 1.165) is 6.07 Å². The predicted octanol–water partition coefficient (Wildman–Crippen LogP) is 0.920. The van der Waals surface area contributed by atoms with Crippen LogP contribution in [0.5, 0.6) is 5.75 Å². The van der Waals surface area contributed by atoms with Gasteiger partial charge in [0, 0.05) is 12.7 Å². The second-order valence-electron chi connectivity index (χ2n) is 2.89. The zero-order valence-corrected chi connectivity index (χ0v) is 8.06. The van der Waals surface area contributed by atoms with Gasteiger partial charge in [-0.25, -0.2) is 4.79 Å².